The zero-order valence-electron chi connectivity index (χ0n) is 6.17. The van der Waals surface area contributed by atoms with Gasteiger partial charge in [-0.1, -0.05) is 6.92 Å². The molecular formula is C7H13NO2. The average molecular weight is 143 g/mol. The lowest BCUT2D eigenvalue weighted by atomic mass is 10.1. The van der Waals surface area contributed by atoms with E-state index < -0.39 is 6.04 Å². The molecule has 0 fully saturated rings. The fourth-order valence-electron chi connectivity index (χ4n) is 0.671. The van der Waals surface area contributed by atoms with Crippen molar-refractivity contribution in [2.45, 2.75) is 32.2 Å². The summed E-state index contributed by atoms with van der Waals surface area (Å²) in [5, 5.41) is 0. The van der Waals surface area contributed by atoms with Crippen LogP contribution in [-0.2, 0) is 9.59 Å². The van der Waals surface area contributed by atoms with Crippen molar-refractivity contribution < 1.29 is 9.59 Å². The molecule has 0 spiro atoms. The highest BCUT2D eigenvalue weighted by Crippen LogP contribution is 1.95. The van der Waals surface area contributed by atoms with Gasteiger partial charge in [-0.15, -0.1) is 0 Å². The number of ketones is 1. The van der Waals surface area contributed by atoms with E-state index in [0.29, 0.717) is 19.3 Å². The molecule has 10 heavy (non-hydrogen) atoms. The molecule has 0 rings (SSSR count). The Morgan fingerprint density at radius 2 is 2.30 bits per heavy atom. The zero-order chi connectivity index (χ0) is 7.98. The summed E-state index contributed by atoms with van der Waals surface area (Å²) in [7, 11) is 0. The van der Waals surface area contributed by atoms with Gasteiger partial charge in [-0.25, -0.2) is 0 Å². The van der Waals surface area contributed by atoms with E-state index in [1.807, 2.05) is 0 Å². The van der Waals surface area contributed by atoms with Crippen LogP contribution in [0.5, 0.6) is 0 Å². The fourth-order valence-corrected chi connectivity index (χ4v) is 0.671. The van der Waals surface area contributed by atoms with Crippen molar-refractivity contribution in [3.63, 3.8) is 0 Å². The van der Waals surface area contributed by atoms with Gasteiger partial charge in [0.2, 0.25) is 0 Å². The van der Waals surface area contributed by atoms with Crippen LogP contribution in [0.15, 0.2) is 0 Å². The summed E-state index contributed by atoms with van der Waals surface area (Å²) in [4.78, 5) is 20.6. The van der Waals surface area contributed by atoms with Crippen LogP contribution in [0.4, 0.5) is 0 Å². The van der Waals surface area contributed by atoms with Crippen molar-refractivity contribution in [1.82, 2.24) is 0 Å². The van der Waals surface area contributed by atoms with Crippen molar-refractivity contribution >= 4 is 12.1 Å². The van der Waals surface area contributed by atoms with E-state index in [1.165, 1.54) is 0 Å². The second-order valence-corrected chi connectivity index (χ2v) is 2.17. The molecule has 0 radical (unpaired) electrons. The third-order valence-corrected chi connectivity index (χ3v) is 1.36. The van der Waals surface area contributed by atoms with E-state index in [-0.39, 0.29) is 5.78 Å². The minimum absolute atomic E-state index is 0.0295. The molecule has 0 aromatic heterocycles. The summed E-state index contributed by atoms with van der Waals surface area (Å²) >= 11 is 0. The SMILES string of the molecule is CCC(=O)C(N)CCC=O. The van der Waals surface area contributed by atoms with Crippen molar-refractivity contribution in [3.05, 3.63) is 0 Å². The van der Waals surface area contributed by atoms with Gasteiger partial charge in [0.25, 0.3) is 0 Å². The maximum absolute atomic E-state index is 10.8. The van der Waals surface area contributed by atoms with Gasteiger partial charge in [-0.2, -0.15) is 0 Å². The Hall–Kier alpha value is -0.700. The molecule has 2 N–H and O–H groups in total. The Kier molecular flexibility index (Phi) is 4.76. The first kappa shape index (κ1) is 9.30. The molecule has 0 saturated carbocycles. The van der Waals surface area contributed by atoms with Gasteiger partial charge >= 0.3 is 0 Å². The molecule has 58 valence electrons. The Morgan fingerprint density at radius 1 is 1.70 bits per heavy atom. The standard InChI is InChI=1S/C7H13NO2/c1-2-7(10)6(8)4-3-5-9/h5-6H,2-4,8H2,1H3. The van der Waals surface area contributed by atoms with Crippen molar-refractivity contribution in [2.75, 3.05) is 0 Å². The summed E-state index contributed by atoms with van der Waals surface area (Å²) in [6.45, 7) is 1.77. The Labute approximate surface area is 60.6 Å². The molecule has 0 heterocycles. The Balaban J connectivity index is 3.50. The van der Waals surface area contributed by atoms with Crippen LogP contribution < -0.4 is 5.73 Å². The van der Waals surface area contributed by atoms with Crippen LogP contribution in [0, 0.1) is 0 Å². The van der Waals surface area contributed by atoms with E-state index in [1.54, 1.807) is 6.92 Å². The summed E-state index contributed by atoms with van der Waals surface area (Å²) in [5.74, 6) is 0.0295. The van der Waals surface area contributed by atoms with Crippen molar-refractivity contribution in [3.8, 4) is 0 Å². The Bertz CT molecular complexity index is 123. The molecule has 0 bridgehead atoms. The highest BCUT2D eigenvalue weighted by molar-refractivity contribution is 5.83. The molecule has 0 aliphatic carbocycles. The van der Waals surface area contributed by atoms with E-state index in [9.17, 15) is 9.59 Å². The molecule has 1 unspecified atom stereocenters. The molecule has 3 nitrogen and oxygen atoms in total. The highest BCUT2D eigenvalue weighted by Gasteiger charge is 2.09. The van der Waals surface area contributed by atoms with E-state index in [2.05, 4.69) is 0 Å². The maximum atomic E-state index is 10.8. The van der Waals surface area contributed by atoms with Gasteiger partial charge in [0.15, 0.2) is 0 Å². The second-order valence-electron chi connectivity index (χ2n) is 2.17. The number of Topliss-reactive ketones (excluding diaryl/α,β-unsaturated/α-hetero) is 1. The van der Waals surface area contributed by atoms with Gasteiger partial charge < -0.3 is 10.5 Å². The molecule has 0 aliphatic rings. The third-order valence-electron chi connectivity index (χ3n) is 1.36. The van der Waals surface area contributed by atoms with Crippen LogP contribution in [0.25, 0.3) is 0 Å². The molecule has 0 aromatic rings. The van der Waals surface area contributed by atoms with Gasteiger partial charge in [-0.05, 0) is 6.42 Å². The number of hydrogen-bond acceptors (Lipinski definition) is 3. The zero-order valence-corrected chi connectivity index (χ0v) is 6.17. The number of hydrogen-bond donors (Lipinski definition) is 1. The monoisotopic (exact) mass is 143 g/mol. The van der Waals surface area contributed by atoms with Crippen LogP contribution >= 0.6 is 0 Å². The summed E-state index contributed by atoms with van der Waals surface area (Å²) in [6.07, 6.45) is 2.10. The number of rotatable bonds is 5. The van der Waals surface area contributed by atoms with Crippen molar-refractivity contribution in [2.24, 2.45) is 5.73 Å². The number of aldehydes is 1. The minimum Gasteiger partial charge on any atom is -0.321 e. The first-order chi connectivity index (χ1) is 4.72. The van der Waals surface area contributed by atoms with E-state index in [0.717, 1.165) is 6.29 Å². The lowest BCUT2D eigenvalue weighted by molar-refractivity contribution is -0.120. The van der Waals surface area contributed by atoms with Crippen molar-refractivity contribution in [1.29, 1.82) is 0 Å². The van der Waals surface area contributed by atoms with Gasteiger partial charge in [-0.3, -0.25) is 4.79 Å². The van der Waals surface area contributed by atoms with Crippen LogP contribution in [0.2, 0.25) is 0 Å². The summed E-state index contributed by atoms with van der Waals surface area (Å²) in [5.41, 5.74) is 5.41. The normalized spacial score (nSPS) is 12.6. The molecule has 0 aliphatic heterocycles. The predicted molar refractivity (Wildman–Crippen MR) is 38.6 cm³/mol. The molecule has 0 saturated heterocycles. The first-order valence-corrected chi connectivity index (χ1v) is 3.44. The first-order valence-electron chi connectivity index (χ1n) is 3.44. The average Bonchev–Trinajstić information content (AvgIpc) is 1.98. The Morgan fingerprint density at radius 3 is 2.70 bits per heavy atom. The molecule has 1 atom stereocenters. The van der Waals surface area contributed by atoms with Crippen LogP contribution in [-0.4, -0.2) is 18.1 Å². The van der Waals surface area contributed by atoms with Gasteiger partial charge in [0.05, 0.1) is 6.04 Å². The van der Waals surface area contributed by atoms with Crippen LogP contribution in [0.1, 0.15) is 26.2 Å². The van der Waals surface area contributed by atoms with Gasteiger partial charge in [0.1, 0.15) is 12.1 Å². The molecule has 3 heteroatoms. The predicted octanol–water partition coefficient (Wildman–Crippen LogP) is 0.272. The van der Waals surface area contributed by atoms with Crippen LogP contribution in [0.3, 0.4) is 0 Å². The van der Waals surface area contributed by atoms with E-state index >= 15 is 0 Å². The minimum atomic E-state index is -0.435. The number of carbonyl (C=O) groups is 2. The smallest absolute Gasteiger partial charge is 0.149 e. The topological polar surface area (TPSA) is 60.2 Å². The molecule has 0 amide bonds. The summed E-state index contributed by atoms with van der Waals surface area (Å²) < 4.78 is 0. The fraction of sp³-hybridized carbons (Fsp3) is 0.714. The molecular weight excluding hydrogens is 130 g/mol. The second kappa shape index (κ2) is 5.11. The highest BCUT2D eigenvalue weighted by atomic mass is 16.1. The number of nitrogens with two attached hydrogens (primary N) is 1. The van der Waals surface area contributed by atoms with E-state index in [4.69, 9.17) is 5.73 Å². The molecule has 0 aromatic carbocycles. The third kappa shape index (κ3) is 3.35. The largest absolute Gasteiger partial charge is 0.321 e. The number of carbonyl (C=O) groups excluding carboxylic acids is 2. The lowest BCUT2D eigenvalue weighted by Gasteiger charge is -2.04. The lowest BCUT2D eigenvalue weighted by Crippen LogP contribution is -2.29. The summed E-state index contributed by atoms with van der Waals surface area (Å²) in [6, 6.07) is -0.435. The maximum Gasteiger partial charge on any atom is 0.149 e. The quantitative estimate of drug-likeness (QED) is 0.562. The van der Waals surface area contributed by atoms with Gasteiger partial charge in [0, 0.05) is 12.8 Å².